The van der Waals surface area contributed by atoms with E-state index in [1.807, 2.05) is 68.6 Å². The molecule has 1 N–H and O–H groups in total. The number of carbonyl (C=O) groups is 1. The summed E-state index contributed by atoms with van der Waals surface area (Å²) in [5.41, 5.74) is 3.44. The highest BCUT2D eigenvalue weighted by Crippen LogP contribution is 2.28. The molecule has 2 aromatic heterocycles. The summed E-state index contributed by atoms with van der Waals surface area (Å²) in [6.45, 7) is 7.80. The van der Waals surface area contributed by atoms with Crippen LogP contribution in [0.3, 0.4) is 0 Å². The van der Waals surface area contributed by atoms with Gasteiger partial charge in [0.15, 0.2) is 0 Å². The van der Waals surface area contributed by atoms with Gasteiger partial charge in [-0.3, -0.25) is 4.79 Å². The van der Waals surface area contributed by atoms with E-state index in [1.165, 1.54) is 0 Å². The molecule has 0 aliphatic carbocycles. The zero-order valence-corrected chi connectivity index (χ0v) is 15.0. The van der Waals surface area contributed by atoms with Gasteiger partial charge in [-0.1, -0.05) is 29.8 Å². The van der Waals surface area contributed by atoms with Crippen molar-refractivity contribution in [1.82, 2.24) is 14.7 Å². The number of amides is 1. The smallest absolute Gasteiger partial charge is 0.255 e. The van der Waals surface area contributed by atoms with E-state index in [9.17, 15) is 4.79 Å². The highest BCUT2D eigenvalue weighted by molar-refractivity contribution is 6.31. The van der Waals surface area contributed by atoms with Crippen molar-refractivity contribution < 1.29 is 4.79 Å². The molecule has 0 aliphatic rings. The van der Waals surface area contributed by atoms with E-state index in [2.05, 4.69) is 10.3 Å². The van der Waals surface area contributed by atoms with Crippen molar-refractivity contribution in [2.45, 2.75) is 33.2 Å². The molecule has 3 rings (SSSR count). The van der Waals surface area contributed by atoms with Gasteiger partial charge in [0.2, 0.25) is 0 Å². The summed E-state index contributed by atoms with van der Waals surface area (Å²) in [5, 5.41) is 3.70. The second kappa shape index (κ2) is 5.95. The molecule has 1 amide bonds. The second-order valence-corrected chi connectivity index (χ2v) is 6.93. The van der Waals surface area contributed by atoms with Gasteiger partial charge in [0.1, 0.15) is 5.65 Å². The van der Waals surface area contributed by atoms with Gasteiger partial charge in [-0.05, 0) is 51.5 Å². The Kier molecular flexibility index (Phi) is 4.10. The van der Waals surface area contributed by atoms with Gasteiger partial charge < -0.3 is 9.72 Å². The van der Waals surface area contributed by atoms with Crippen molar-refractivity contribution >= 4 is 23.2 Å². The fourth-order valence-electron chi connectivity index (χ4n) is 2.96. The Labute approximate surface area is 146 Å². The monoisotopic (exact) mass is 341 g/mol. The number of halogens is 1. The molecule has 0 bridgehead atoms. The number of nitrogens with zero attached hydrogens (tertiary/aromatic N) is 2. The number of nitrogens with one attached hydrogen (secondary N) is 1. The largest absolute Gasteiger partial charge is 0.343 e. The van der Waals surface area contributed by atoms with Crippen molar-refractivity contribution in [2.24, 2.45) is 0 Å². The van der Waals surface area contributed by atoms with Crippen molar-refractivity contribution in [3.63, 3.8) is 0 Å². The van der Waals surface area contributed by atoms with Crippen LogP contribution in [0.4, 0.5) is 0 Å². The lowest BCUT2D eigenvalue weighted by atomic mass is 9.94. The number of hydrogen-bond donors (Lipinski definition) is 1. The van der Waals surface area contributed by atoms with Gasteiger partial charge in [0, 0.05) is 22.6 Å². The third kappa shape index (κ3) is 2.89. The molecule has 0 atom stereocenters. The molecule has 4 nitrogen and oxygen atoms in total. The minimum atomic E-state index is -0.595. The lowest BCUT2D eigenvalue weighted by molar-refractivity contribution is 0.0913. The molecule has 5 heteroatoms. The highest BCUT2D eigenvalue weighted by Gasteiger charge is 2.27. The van der Waals surface area contributed by atoms with Crippen molar-refractivity contribution in [3.05, 3.63) is 70.1 Å². The molecular formula is C19H20ClN3O. The average molecular weight is 342 g/mol. The first-order chi connectivity index (χ1) is 11.3. The van der Waals surface area contributed by atoms with E-state index in [0.29, 0.717) is 16.2 Å². The van der Waals surface area contributed by atoms with E-state index >= 15 is 0 Å². The van der Waals surface area contributed by atoms with Crippen LogP contribution in [0, 0.1) is 13.8 Å². The summed E-state index contributed by atoms with van der Waals surface area (Å²) >= 11 is 6.29. The normalized spacial score (nSPS) is 11.7. The second-order valence-electron chi connectivity index (χ2n) is 6.52. The predicted octanol–water partition coefficient (Wildman–Crippen LogP) is 4.27. The summed E-state index contributed by atoms with van der Waals surface area (Å²) in [4.78, 5) is 17.3. The van der Waals surface area contributed by atoms with Crippen LogP contribution in [0.25, 0.3) is 5.65 Å². The van der Waals surface area contributed by atoms with Gasteiger partial charge in [-0.25, -0.2) is 4.98 Å². The molecular weight excluding hydrogens is 322 g/mol. The van der Waals surface area contributed by atoms with Crippen LogP contribution in [0.2, 0.25) is 5.02 Å². The number of carbonyl (C=O) groups excluding carboxylic acids is 1. The summed E-state index contributed by atoms with van der Waals surface area (Å²) in [6.07, 6.45) is 1.87. The molecule has 24 heavy (non-hydrogen) atoms. The third-order valence-corrected chi connectivity index (χ3v) is 4.49. The van der Waals surface area contributed by atoms with E-state index in [4.69, 9.17) is 11.6 Å². The average Bonchev–Trinajstić information content (AvgIpc) is 2.91. The Hall–Kier alpha value is -2.33. The van der Waals surface area contributed by atoms with Crippen LogP contribution < -0.4 is 5.32 Å². The SMILES string of the molecule is Cc1cc(C)n2ccc(C(=O)NC(C)(C)c3ccccc3Cl)c2n1. The zero-order chi connectivity index (χ0) is 17.5. The Bertz CT molecular complexity index is 928. The van der Waals surface area contributed by atoms with Crippen molar-refractivity contribution in [2.75, 3.05) is 0 Å². The summed E-state index contributed by atoms with van der Waals surface area (Å²) < 4.78 is 1.92. The summed E-state index contributed by atoms with van der Waals surface area (Å²) in [6, 6.07) is 11.3. The molecule has 0 spiro atoms. The third-order valence-electron chi connectivity index (χ3n) is 4.16. The Balaban J connectivity index is 1.97. The Morgan fingerprint density at radius 1 is 1.21 bits per heavy atom. The van der Waals surface area contributed by atoms with E-state index < -0.39 is 5.54 Å². The highest BCUT2D eigenvalue weighted by atomic mass is 35.5. The van der Waals surface area contributed by atoms with Gasteiger partial charge in [-0.2, -0.15) is 0 Å². The topological polar surface area (TPSA) is 46.4 Å². The van der Waals surface area contributed by atoms with Gasteiger partial charge >= 0.3 is 0 Å². The molecule has 0 unspecified atom stereocenters. The van der Waals surface area contributed by atoms with Gasteiger partial charge in [0.25, 0.3) is 5.91 Å². The molecule has 0 saturated heterocycles. The molecule has 2 heterocycles. The van der Waals surface area contributed by atoms with Crippen LogP contribution in [-0.2, 0) is 5.54 Å². The fourth-order valence-corrected chi connectivity index (χ4v) is 3.33. The van der Waals surface area contributed by atoms with Gasteiger partial charge in [0.05, 0.1) is 11.1 Å². The zero-order valence-electron chi connectivity index (χ0n) is 14.2. The van der Waals surface area contributed by atoms with Gasteiger partial charge in [-0.15, -0.1) is 0 Å². The van der Waals surface area contributed by atoms with Crippen LogP contribution in [0.15, 0.2) is 42.6 Å². The quantitative estimate of drug-likeness (QED) is 0.773. The van der Waals surface area contributed by atoms with Crippen LogP contribution >= 0.6 is 11.6 Å². The minimum Gasteiger partial charge on any atom is -0.343 e. The maximum absolute atomic E-state index is 12.8. The molecule has 0 aliphatic heterocycles. The van der Waals surface area contributed by atoms with E-state index in [1.54, 1.807) is 6.07 Å². The van der Waals surface area contributed by atoms with E-state index in [0.717, 1.165) is 17.0 Å². The minimum absolute atomic E-state index is 0.167. The Morgan fingerprint density at radius 3 is 2.62 bits per heavy atom. The number of rotatable bonds is 3. The lowest BCUT2D eigenvalue weighted by Gasteiger charge is -2.27. The maximum Gasteiger partial charge on any atom is 0.255 e. The lowest BCUT2D eigenvalue weighted by Crippen LogP contribution is -2.41. The van der Waals surface area contributed by atoms with Crippen molar-refractivity contribution in [3.8, 4) is 0 Å². The fraction of sp³-hybridized carbons (Fsp3) is 0.263. The number of benzene rings is 1. The number of hydrogen-bond acceptors (Lipinski definition) is 2. The number of fused-ring (bicyclic) bond motifs is 1. The van der Waals surface area contributed by atoms with Crippen LogP contribution in [0.1, 0.15) is 41.2 Å². The molecule has 1 aromatic carbocycles. The first-order valence-corrected chi connectivity index (χ1v) is 8.20. The maximum atomic E-state index is 12.8. The Morgan fingerprint density at radius 2 is 1.92 bits per heavy atom. The molecule has 3 aromatic rings. The first-order valence-electron chi connectivity index (χ1n) is 7.82. The number of aromatic nitrogens is 2. The van der Waals surface area contributed by atoms with Crippen LogP contribution in [0.5, 0.6) is 0 Å². The summed E-state index contributed by atoms with van der Waals surface area (Å²) in [7, 11) is 0. The summed E-state index contributed by atoms with van der Waals surface area (Å²) in [5.74, 6) is -0.167. The number of aryl methyl sites for hydroxylation is 2. The molecule has 0 saturated carbocycles. The predicted molar refractivity (Wildman–Crippen MR) is 96.6 cm³/mol. The standard InChI is InChI=1S/C19H20ClN3O/c1-12-11-13(2)23-10-9-14(17(23)21-12)18(24)22-19(3,4)15-7-5-6-8-16(15)20/h5-11H,1-4H3,(H,22,24). The molecule has 124 valence electrons. The van der Waals surface area contributed by atoms with E-state index in [-0.39, 0.29) is 5.91 Å². The first kappa shape index (κ1) is 16.5. The van der Waals surface area contributed by atoms with Crippen LogP contribution in [-0.4, -0.2) is 15.3 Å². The molecule has 0 radical (unpaired) electrons. The molecule has 0 fully saturated rings. The van der Waals surface area contributed by atoms with Crippen molar-refractivity contribution in [1.29, 1.82) is 0 Å².